The van der Waals surface area contributed by atoms with Gasteiger partial charge in [0, 0.05) is 26.3 Å². The summed E-state index contributed by atoms with van der Waals surface area (Å²) in [5.74, 6) is 0. The van der Waals surface area contributed by atoms with Gasteiger partial charge < -0.3 is 14.4 Å². The first-order valence-electron chi connectivity index (χ1n) is 6.65. The fourth-order valence-electron chi connectivity index (χ4n) is 1.25. The van der Waals surface area contributed by atoms with E-state index < -0.39 is 0 Å². The highest BCUT2D eigenvalue weighted by atomic mass is 16.5. The van der Waals surface area contributed by atoms with E-state index in [9.17, 15) is 0 Å². The first kappa shape index (κ1) is 15.9. The summed E-state index contributed by atoms with van der Waals surface area (Å²) in [5, 5.41) is 0. The Labute approximate surface area is 101 Å². The molecule has 0 heterocycles. The predicted molar refractivity (Wildman–Crippen MR) is 69.0 cm³/mol. The summed E-state index contributed by atoms with van der Waals surface area (Å²) >= 11 is 0. The Kier molecular flexibility index (Phi) is 12.9. The van der Waals surface area contributed by atoms with E-state index in [0.29, 0.717) is 0 Å². The summed E-state index contributed by atoms with van der Waals surface area (Å²) in [4.78, 5) is 2.26. The van der Waals surface area contributed by atoms with E-state index in [0.717, 1.165) is 39.5 Å². The van der Waals surface area contributed by atoms with Gasteiger partial charge in [-0.3, -0.25) is 0 Å². The maximum atomic E-state index is 5.51. The molecule has 0 aliphatic heterocycles. The van der Waals surface area contributed by atoms with Crippen LogP contribution in [0.5, 0.6) is 0 Å². The number of nitrogens with zero attached hydrogens (tertiary/aromatic N) is 1. The largest absolute Gasteiger partial charge is 0.380 e. The van der Waals surface area contributed by atoms with Gasteiger partial charge in [0.15, 0.2) is 0 Å². The summed E-state index contributed by atoms with van der Waals surface area (Å²) in [5.41, 5.74) is 0. The number of likely N-dealkylation sites (N-methyl/N-ethyl adjacent to an activating group) is 1. The van der Waals surface area contributed by atoms with E-state index in [1.807, 2.05) is 0 Å². The van der Waals surface area contributed by atoms with Crippen molar-refractivity contribution in [1.82, 2.24) is 4.90 Å². The van der Waals surface area contributed by atoms with E-state index in [1.54, 1.807) is 0 Å². The van der Waals surface area contributed by atoms with E-state index in [1.165, 1.54) is 25.7 Å². The smallest absolute Gasteiger partial charge is 0.0593 e. The molecule has 0 aromatic heterocycles. The van der Waals surface area contributed by atoms with Crippen molar-refractivity contribution >= 4 is 0 Å². The van der Waals surface area contributed by atoms with Gasteiger partial charge in [-0.2, -0.15) is 0 Å². The van der Waals surface area contributed by atoms with Crippen LogP contribution >= 0.6 is 0 Å². The van der Waals surface area contributed by atoms with Gasteiger partial charge in [0.1, 0.15) is 0 Å². The summed E-state index contributed by atoms with van der Waals surface area (Å²) in [6.07, 6.45) is 4.76. The molecule has 0 atom stereocenters. The van der Waals surface area contributed by atoms with Gasteiger partial charge in [-0.1, -0.05) is 26.7 Å². The normalized spacial score (nSPS) is 11.2. The van der Waals surface area contributed by atoms with Crippen molar-refractivity contribution in [3.8, 4) is 0 Å². The highest BCUT2D eigenvalue weighted by Gasteiger charge is 1.97. The zero-order valence-corrected chi connectivity index (χ0v) is 11.3. The van der Waals surface area contributed by atoms with Crippen molar-refractivity contribution in [2.24, 2.45) is 0 Å². The molecule has 16 heavy (non-hydrogen) atoms. The topological polar surface area (TPSA) is 21.7 Å². The number of ether oxygens (including phenoxy) is 2. The lowest BCUT2D eigenvalue weighted by atomic mass is 10.4. The average molecular weight is 231 g/mol. The molecule has 0 aliphatic rings. The molecule has 0 aromatic rings. The highest BCUT2D eigenvalue weighted by molar-refractivity contribution is 4.49. The number of rotatable bonds is 12. The Bertz CT molecular complexity index is 117. The Balaban J connectivity index is 3.09. The third kappa shape index (κ3) is 12.0. The first-order valence-corrected chi connectivity index (χ1v) is 6.65. The molecule has 0 spiro atoms. The third-order valence-electron chi connectivity index (χ3n) is 2.52. The molecule has 0 N–H and O–H groups in total. The summed E-state index contributed by atoms with van der Waals surface area (Å²) < 4.78 is 11.0. The van der Waals surface area contributed by atoms with Crippen molar-refractivity contribution in [3.63, 3.8) is 0 Å². The Morgan fingerprint density at radius 1 is 0.750 bits per heavy atom. The first-order chi connectivity index (χ1) is 7.81. The Morgan fingerprint density at radius 3 is 1.56 bits per heavy atom. The van der Waals surface area contributed by atoms with E-state index in [-0.39, 0.29) is 0 Å². The minimum absolute atomic E-state index is 0.839. The number of unbranched alkanes of at least 4 members (excludes halogenated alkanes) is 2. The van der Waals surface area contributed by atoms with Crippen molar-refractivity contribution in [2.45, 2.75) is 39.5 Å². The summed E-state index contributed by atoms with van der Waals surface area (Å²) in [6, 6.07) is 0. The average Bonchev–Trinajstić information content (AvgIpc) is 2.28. The van der Waals surface area contributed by atoms with Gasteiger partial charge in [0.05, 0.1) is 13.2 Å². The van der Waals surface area contributed by atoms with Crippen LogP contribution in [0.2, 0.25) is 0 Å². The van der Waals surface area contributed by atoms with Crippen molar-refractivity contribution in [2.75, 3.05) is 46.6 Å². The third-order valence-corrected chi connectivity index (χ3v) is 2.52. The standard InChI is InChI=1S/C13H29NO2/c1-4-6-10-15-12-8-14(3)9-13-16-11-7-5-2/h4-13H2,1-3H3. The molecule has 0 aliphatic carbocycles. The van der Waals surface area contributed by atoms with Gasteiger partial charge in [-0.15, -0.1) is 0 Å². The lowest BCUT2D eigenvalue weighted by molar-refractivity contribution is 0.0823. The van der Waals surface area contributed by atoms with Gasteiger partial charge in [-0.25, -0.2) is 0 Å². The second-order valence-corrected chi connectivity index (χ2v) is 4.24. The van der Waals surface area contributed by atoms with E-state index in [4.69, 9.17) is 9.47 Å². The van der Waals surface area contributed by atoms with Gasteiger partial charge in [0.25, 0.3) is 0 Å². The molecule has 0 rings (SSSR count). The van der Waals surface area contributed by atoms with Crippen LogP contribution in [0.3, 0.4) is 0 Å². The van der Waals surface area contributed by atoms with Crippen molar-refractivity contribution in [3.05, 3.63) is 0 Å². The SMILES string of the molecule is CCCCOCCN(C)CCOCCCC. The van der Waals surface area contributed by atoms with Gasteiger partial charge >= 0.3 is 0 Å². The van der Waals surface area contributed by atoms with E-state index in [2.05, 4.69) is 25.8 Å². The molecule has 3 heteroatoms. The van der Waals surface area contributed by atoms with Crippen LogP contribution in [0.4, 0.5) is 0 Å². The van der Waals surface area contributed by atoms with Gasteiger partial charge in [0.2, 0.25) is 0 Å². The quantitative estimate of drug-likeness (QED) is 0.482. The predicted octanol–water partition coefficient (Wildman–Crippen LogP) is 2.55. The van der Waals surface area contributed by atoms with Crippen LogP contribution in [0, 0.1) is 0 Å². The van der Waals surface area contributed by atoms with E-state index >= 15 is 0 Å². The second-order valence-electron chi connectivity index (χ2n) is 4.24. The lowest BCUT2D eigenvalue weighted by Crippen LogP contribution is -2.27. The van der Waals surface area contributed by atoms with Crippen LogP contribution in [0.15, 0.2) is 0 Å². The molecule has 0 saturated carbocycles. The lowest BCUT2D eigenvalue weighted by Gasteiger charge is -2.16. The number of hydrogen-bond acceptors (Lipinski definition) is 3. The second kappa shape index (κ2) is 12.9. The monoisotopic (exact) mass is 231 g/mol. The number of hydrogen-bond donors (Lipinski definition) is 0. The maximum Gasteiger partial charge on any atom is 0.0593 e. The zero-order chi connectivity index (χ0) is 12.1. The molecule has 0 aromatic carbocycles. The Hall–Kier alpha value is -0.120. The fourth-order valence-corrected chi connectivity index (χ4v) is 1.25. The molecular formula is C13H29NO2. The molecule has 3 nitrogen and oxygen atoms in total. The summed E-state index contributed by atoms with van der Waals surface area (Å²) in [6.45, 7) is 9.85. The van der Waals surface area contributed by atoms with Crippen LogP contribution in [0.1, 0.15) is 39.5 Å². The molecule has 0 radical (unpaired) electrons. The van der Waals surface area contributed by atoms with Crippen LogP contribution in [-0.2, 0) is 9.47 Å². The van der Waals surface area contributed by atoms with Crippen molar-refractivity contribution in [1.29, 1.82) is 0 Å². The van der Waals surface area contributed by atoms with Crippen LogP contribution < -0.4 is 0 Å². The molecular weight excluding hydrogens is 202 g/mol. The minimum atomic E-state index is 0.839. The van der Waals surface area contributed by atoms with Crippen LogP contribution in [0.25, 0.3) is 0 Å². The molecule has 0 unspecified atom stereocenters. The molecule has 0 saturated heterocycles. The molecule has 0 fully saturated rings. The van der Waals surface area contributed by atoms with Crippen molar-refractivity contribution < 1.29 is 9.47 Å². The summed E-state index contributed by atoms with van der Waals surface area (Å²) in [7, 11) is 2.12. The minimum Gasteiger partial charge on any atom is -0.380 e. The highest BCUT2D eigenvalue weighted by Crippen LogP contribution is 1.91. The zero-order valence-electron chi connectivity index (χ0n) is 11.3. The Morgan fingerprint density at radius 2 is 1.19 bits per heavy atom. The molecule has 98 valence electrons. The molecule has 0 bridgehead atoms. The molecule has 0 amide bonds. The van der Waals surface area contributed by atoms with Gasteiger partial charge in [-0.05, 0) is 19.9 Å². The van der Waals surface area contributed by atoms with Crippen LogP contribution in [-0.4, -0.2) is 51.5 Å². The fraction of sp³-hybridized carbons (Fsp3) is 1.00. The maximum absolute atomic E-state index is 5.51.